The van der Waals surface area contributed by atoms with Gasteiger partial charge in [-0.15, -0.1) is 0 Å². The fraction of sp³-hybridized carbons (Fsp3) is 0.423. The molecule has 3 heterocycles. The van der Waals surface area contributed by atoms with Crippen LogP contribution in [0.2, 0.25) is 0 Å². The zero-order chi connectivity index (χ0) is 23.5. The average molecular weight is 467 g/mol. The monoisotopic (exact) mass is 466 g/mol. The highest BCUT2D eigenvalue weighted by molar-refractivity contribution is 6.15. The molecule has 0 amide bonds. The first-order valence-electron chi connectivity index (χ1n) is 11.6. The number of benzene rings is 2. The normalized spacial score (nSPS) is 19.4. The van der Waals surface area contributed by atoms with E-state index in [1.54, 1.807) is 26.4 Å². The lowest BCUT2D eigenvalue weighted by Gasteiger charge is -2.31. The van der Waals surface area contributed by atoms with Gasteiger partial charge >= 0.3 is 0 Å². The number of ether oxygens (including phenoxy) is 5. The standard InChI is InChI=1S/C26H30N2O6/c1-30-19-4-6-22(31-2)18(14-19)15-24-25(29)20-5-7-23-21(26(20)34-24)16-28(17-33-23)9-3-8-27-10-12-32-13-11-27/h4-7,14-15H,3,8-13,16-17H2,1-2H3/b24-15-. The van der Waals surface area contributed by atoms with Crippen LogP contribution in [0, 0.1) is 0 Å². The van der Waals surface area contributed by atoms with Crippen molar-refractivity contribution in [2.45, 2.75) is 13.0 Å². The molecule has 8 nitrogen and oxygen atoms in total. The zero-order valence-corrected chi connectivity index (χ0v) is 19.7. The molecule has 0 aromatic heterocycles. The van der Waals surface area contributed by atoms with E-state index in [2.05, 4.69) is 9.80 Å². The van der Waals surface area contributed by atoms with Gasteiger partial charge in [0.1, 0.15) is 29.7 Å². The van der Waals surface area contributed by atoms with Gasteiger partial charge in [0.2, 0.25) is 5.78 Å². The molecule has 34 heavy (non-hydrogen) atoms. The second-order valence-electron chi connectivity index (χ2n) is 8.60. The zero-order valence-electron chi connectivity index (χ0n) is 19.7. The summed E-state index contributed by atoms with van der Waals surface area (Å²) >= 11 is 0. The number of morpholine rings is 1. The SMILES string of the molecule is COc1ccc(OC)c(/C=C2\Oc3c(ccc4c3CN(CCCN3CCOCC3)CO4)C2=O)c1. The molecule has 3 aliphatic heterocycles. The number of rotatable bonds is 7. The minimum Gasteiger partial charge on any atom is -0.497 e. The third kappa shape index (κ3) is 4.61. The number of carbonyl (C=O) groups is 1. The average Bonchev–Trinajstić information content (AvgIpc) is 3.20. The fourth-order valence-electron chi connectivity index (χ4n) is 4.58. The topological polar surface area (TPSA) is 69.7 Å². The van der Waals surface area contributed by atoms with Gasteiger partial charge in [0.15, 0.2) is 5.76 Å². The lowest BCUT2D eigenvalue weighted by molar-refractivity contribution is 0.0329. The number of Topliss-reactive ketones (excluding diaryl/α,β-unsaturated/α-hetero) is 1. The van der Waals surface area contributed by atoms with Gasteiger partial charge in [-0.1, -0.05) is 0 Å². The van der Waals surface area contributed by atoms with Crippen molar-refractivity contribution < 1.29 is 28.5 Å². The van der Waals surface area contributed by atoms with Crippen LogP contribution in [0.15, 0.2) is 36.1 Å². The molecule has 1 saturated heterocycles. The van der Waals surface area contributed by atoms with Gasteiger partial charge in [-0.25, -0.2) is 0 Å². The Morgan fingerprint density at radius 2 is 1.85 bits per heavy atom. The first kappa shape index (κ1) is 22.7. The van der Waals surface area contributed by atoms with E-state index in [1.807, 2.05) is 24.3 Å². The van der Waals surface area contributed by atoms with Crippen LogP contribution >= 0.6 is 0 Å². The highest BCUT2D eigenvalue weighted by atomic mass is 16.5. The van der Waals surface area contributed by atoms with E-state index in [-0.39, 0.29) is 11.5 Å². The Balaban J connectivity index is 1.32. The summed E-state index contributed by atoms with van der Waals surface area (Å²) in [6.45, 7) is 6.80. The van der Waals surface area contributed by atoms with Gasteiger partial charge in [-0.3, -0.25) is 14.6 Å². The number of hydrogen-bond donors (Lipinski definition) is 0. The van der Waals surface area contributed by atoms with Crippen LogP contribution in [0.4, 0.5) is 0 Å². The number of ketones is 1. The van der Waals surface area contributed by atoms with E-state index in [0.29, 0.717) is 41.7 Å². The fourth-order valence-corrected chi connectivity index (χ4v) is 4.58. The molecule has 0 N–H and O–H groups in total. The first-order valence-corrected chi connectivity index (χ1v) is 11.6. The van der Waals surface area contributed by atoms with E-state index in [1.165, 1.54) is 0 Å². The van der Waals surface area contributed by atoms with Crippen molar-refractivity contribution in [2.24, 2.45) is 0 Å². The molecule has 0 bridgehead atoms. The van der Waals surface area contributed by atoms with Gasteiger partial charge < -0.3 is 23.7 Å². The molecule has 180 valence electrons. The lowest BCUT2D eigenvalue weighted by atomic mass is 10.0. The third-order valence-electron chi connectivity index (χ3n) is 6.46. The van der Waals surface area contributed by atoms with E-state index in [0.717, 1.165) is 57.1 Å². The second-order valence-corrected chi connectivity index (χ2v) is 8.60. The quantitative estimate of drug-likeness (QED) is 0.577. The van der Waals surface area contributed by atoms with Crippen molar-refractivity contribution >= 4 is 11.9 Å². The van der Waals surface area contributed by atoms with Crippen molar-refractivity contribution in [1.82, 2.24) is 9.80 Å². The molecule has 3 aliphatic rings. The summed E-state index contributed by atoms with van der Waals surface area (Å²) < 4.78 is 28.3. The Labute approximate surface area is 199 Å². The molecule has 2 aromatic rings. The maximum atomic E-state index is 13.1. The summed E-state index contributed by atoms with van der Waals surface area (Å²) in [5, 5.41) is 0. The summed E-state index contributed by atoms with van der Waals surface area (Å²) in [5.74, 6) is 2.79. The Kier molecular flexibility index (Phi) is 6.71. The van der Waals surface area contributed by atoms with Crippen LogP contribution in [0.3, 0.4) is 0 Å². The van der Waals surface area contributed by atoms with Crippen LogP contribution < -0.4 is 18.9 Å². The van der Waals surface area contributed by atoms with Gasteiger partial charge in [-0.2, -0.15) is 0 Å². The Morgan fingerprint density at radius 3 is 2.65 bits per heavy atom. The van der Waals surface area contributed by atoms with Crippen LogP contribution in [-0.2, 0) is 11.3 Å². The number of fused-ring (bicyclic) bond motifs is 3. The number of nitrogens with zero attached hydrogens (tertiary/aromatic N) is 2. The Hall–Kier alpha value is -3.07. The van der Waals surface area contributed by atoms with Crippen molar-refractivity contribution in [1.29, 1.82) is 0 Å². The smallest absolute Gasteiger partial charge is 0.231 e. The molecule has 0 unspecified atom stereocenters. The van der Waals surface area contributed by atoms with E-state index < -0.39 is 0 Å². The predicted molar refractivity (Wildman–Crippen MR) is 127 cm³/mol. The first-order chi connectivity index (χ1) is 16.7. The van der Waals surface area contributed by atoms with Crippen molar-refractivity contribution in [3.63, 3.8) is 0 Å². The molecule has 8 heteroatoms. The number of carbonyl (C=O) groups excluding carboxylic acids is 1. The van der Waals surface area contributed by atoms with Crippen LogP contribution in [-0.4, -0.2) is 75.9 Å². The summed E-state index contributed by atoms with van der Waals surface area (Å²) in [7, 11) is 3.20. The molecule has 1 fully saturated rings. The Morgan fingerprint density at radius 1 is 1.03 bits per heavy atom. The van der Waals surface area contributed by atoms with Crippen molar-refractivity contribution in [2.75, 3.05) is 60.3 Å². The van der Waals surface area contributed by atoms with E-state index in [4.69, 9.17) is 23.7 Å². The Bertz CT molecular complexity index is 1090. The highest BCUT2D eigenvalue weighted by Crippen LogP contribution is 2.42. The number of allylic oxidation sites excluding steroid dienone is 1. The highest BCUT2D eigenvalue weighted by Gasteiger charge is 2.33. The largest absolute Gasteiger partial charge is 0.497 e. The summed E-state index contributed by atoms with van der Waals surface area (Å²) in [6, 6.07) is 9.10. The lowest BCUT2D eigenvalue weighted by Crippen LogP contribution is -2.39. The second kappa shape index (κ2) is 10.0. The van der Waals surface area contributed by atoms with Gasteiger partial charge in [-0.05, 0) is 49.4 Å². The van der Waals surface area contributed by atoms with Crippen molar-refractivity contribution in [3.8, 4) is 23.0 Å². The summed E-state index contributed by atoms with van der Waals surface area (Å²) in [6.07, 6.45) is 2.76. The summed E-state index contributed by atoms with van der Waals surface area (Å²) in [4.78, 5) is 17.8. The number of hydrogen-bond acceptors (Lipinski definition) is 8. The molecule has 5 rings (SSSR count). The molecular weight excluding hydrogens is 436 g/mol. The maximum Gasteiger partial charge on any atom is 0.231 e. The molecule has 0 atom stereocenters. The molecule has 2 aromatic carbocycles. The van der Waals surface area contributed by atoms with Crippen molar-refractivity contribution in [3.05, 3.63) is 52.8 Å². The van der Waals surface area contributed by atoms with E-state index >= 15 is 0 Å². The minimum absolute atomic E-state index is 0.146. The van der Waals surface area contributed by atoms with Gasteiger partial charge in [0.05, 0.1) is 38.6 Å². The molecular formula is C26H30N2O6. The molecule has 0 spiro atoms. The predicted octanol–water partition coefficient (Wildman–Crippen LogP) is 3.19. The van der Waals surface area contributed by atoms with E-state index in [9.17, 15) is 4.79 Å². The van der Waals surface area contributed by atoms with Gasteiger partial charge in [0, 0.05) is 31.7 Å². The molecule has 0 radical (unpaired) electrons. The third-order valence-corrected chi connectivity index (χ3v) is 6.46. The molecule has 0 saturated carbocycles. The minimum atomic E-state index is -0.146. The molecule has 0 aliphatic carbocycles. The van der Waals surface area contributed by atoms with Crippen LogP contribution in [0.25, 0.3) is 6.08 Å². The number of methoxy groups -OCH3 is 2. The van der Waals surface area contributed by atoms with Gasteiger partial charge in [0.25, 0.3) is 0 Å². The summed E-state index contributed by atoms with van der Waals surface area (Å²) in [5.41, 5.74) is 2.20. The van der Waals surface area contributed by atoms with Crippen LogP contribution in [0.5, 0.6) is 23.0 Å². The van der Waals surface area contributed by atoms with Crippen LogP contribution in [0.1, 0.15) is 27.9 Å². The maximum absolute atomic E-state index is 13.1.